The van der Waals surface area contributed by atoms with Gasteiger partial charge in [-0.25, -0.2) is 13.2 Å². The predicted octanol–water partition coefficient (Wildman–Crippen LogP) is 3.19. The third kappa shape index (κ3) is 10.0. The number of primary amides is 1. The molecule has 1 aromatic carbocycles. The number of nitrogens with zero attached hydrogens (tertiary/aromatic N) is 1. The molecule has 3 unspecified atom stereocenters. The summed E-state index contributed by atoms with van der Waals surface area (Å²) < 4.78 is 26.5. The second-order valence-electron chi connectivity index (χ2n) is 16.6. The maximum atomic E-state index is 14.4. The van der Waals surface area contributed by atoms with E-state index in [1.54, 1.807) is 39.0 Å². The Kier molecular flexibility index (Phi) is 11.8. The van der Waals surface area contributed by atoms with Crippen molar-refractivity contribution in [2.45, 2.75) is 117 Å². The molecule has 2 fully saturated rings. The van der Waals surface area contributed by atoms with Gasteiger partial charge >= 0.3 is 6.03 Å². The minimum atomic E-state index is -3.75. The van der Waals surface area contributed by atoms with E-state index in [0.29, 0.717) is 12.8 Å². The Labute approximate surface area is 285 Å². The Morgan fingerprint density at radius 2 is 1.44 bits per heavy atom. The van der Waals surface area contributed by atoms with Crippen LogP contribution >= 0.6 is 0 Å². The second kappa shape index (κ2) is 14.6. The van der Waals surface area contributed by atoms with Crippen molar-refractivity contribution in [1.29, 1.82) is 0 Å². The molecule has 13 heteroatoms. The molecule has 5 atom stereocenters. The van der Waals surface area contributed by atoms with Crippen LogP contribution in [-0.2, 0) is 29.0 Å². The van der Waals surface area contributed by atoms with E-state index >= 15 is 0 Å². The van der Waals surface area contributed by atoms with Crippen LogP contribution in [0.15, 0.2) is 35.2 Å². The number of carbonyl (C=O) groups is 5. The van der Waals surface area contributed by atoms with Gasteiger partial charge in [0.05, 0.1) is 16.7 Å². The molecule has 12 nitrogen and oxygen atoms in total. The number of hydrogen-bond donors (Lipinski definition) is 4. The molecule has 0 bridgehead atoms. The van der Waals surface area contributed by atoms with Gasteiger partial charge in [0, 0.05) is 12.6 Å². The average Bonchev–Trinajstić information content (AvgIpc) is 3.65. The van der Waals surface area contributed by atoms with Gasteiger partial charge in [0.2, 0.25) is 17.6 Å². The van der Waals surface area contributed by atoms with Gasteiger partial charge in [-0.15, -0.1) is 0 Å². The lowest BCUT2D eigenvalue weighted by atomic mass is 9.75. The predicted molar refractivity (Wildman–Crippen MR) is 183 cm³/mol. The van der Waals surface area contributed by atoms with Crippen molar-refractivity contribution in [2.75, 3.05) is 12.3 Å². The monoisotopic (exact) mass is 689 g/mol. The quantitative estimate of drug-likeness (QED) is 0.243. The van der Waals surface area contributed by atoms with Gasteiger partial charge in [-0.05, 0) is 53.1 Å². The fourth-order valence-corrected chi connectivity index (χ4v) is 8.00. The molecule has 2 aliphatic rings. The number of Topliss-reactive ketones (excluding diaryl/α,β-unsaturated/α-hetero) is 1. The molecule has 5 N–H and O–H groups in total. The first kappa shape index (κ1) is 39.0. The molecule has 268 valence electrons. The summed E-state index contributed by atoms with van der Waals surface area (Å²) in [6.07, 6.45) is 2.60. The number of rotatable bonds is 12. The molecule has 0 radical (unpaired) electrons. The fraction of sp³-hybridized carbons (Fsp3) is 0.686. The van der Waals surface area contributed by atoms with Crippen LogP contribution in [-0.4, -0.2) is 79.3 Å². The third-order valence-electron chi connectivity index (χ3n) is 9.43. The van der Waals surface area contributed by atoms with E-state index in [4.69, 9.17) is 5.73 Å². The van der Waals surface area contributed by atoms with E-state index < -0.39 is 79.8 Å². The van der Waals surface area contributed by atoms with Crippen LogP contribution in [0.2, 0.25) is 0 Å². The minimum absolute atomic E-state index is 0.146. The first-order valence-corrected chi connectivity index (χ1v) is 18.4. The van der Waals surface area contributed by atoms with Crippen molar-refractivity contribution >= 4 is 39.4 Å². The van der Waals surface area contributed by atoms with Crippen LogP contribution in [0.4, 0.5) is 4.79 Å². The molecule has 0 aromatic heterocycles. The summed E-state index contributed by atoms with van der Waals surface area (Å²) in [4.78, 5) is 68.1. The third-order valence-corrected chi connectivity index (χ3v) is 11.2. The van der Waals surface area contributed by atoms with E-state index in [-0.39, 0.29) is 29.0 Å². The first-order valence-electron chi connectivity index (χ1n) is 16.7. The van der Waals surface area contributed by atoms with Crippen molar-refractivity contribution in [3.05, 3.63) is 30.3 Å². The maximum absolute atomic E-state index is 14.4. The summed E-state index contributed by atoms with van der Waals surface area (Å²) in [5, 5.41) is 8.37. The molecular formula is C35H55N5O7S. The number of nitrogens with two attached hydrogens (primary N) is 1. The number of ketones is 1. The number of benzene rings is 1. The highest BCUT2D eigenvalue weighted by molar-refractivity contribution is 7.91. The van der Waals surface area contributed by atoms with E-state index in [1.165, 1.54) is 17.0 Å². The topological polar surface area (TPSA) is 185 Å². The number of amides is 5. The highest BCUT2D eigenvalue weighted by Gasteiger charge is 2.50. The molecule has 48 heavy (non-hydrogen) atoms. The molecule has 0 spiro atoms. The zero-order valence-corrected chi connectivity index (χ0v) is 30.7. The minimum Gasteiger partial charge on any atom is -0.363 e. The molecule has 1 saturated heterocycles. The molecule has 1 saturated carbocycles. The SMILES string of the molecule is CC(C)(C)C(CS(=O)(=O)c1ccccc1)NC(=O)N[C@H](C(=O)N1CC[C@@H](C(C)(C)C)C1C(=O)NC(CC1CC1)C(=O)C(N)=O)C(C)(C)C. The van der Waals surface area contributed by atoms with E-state index in [2.05, 4.69) is 16.0 Å². The fourth-order valence-electron chi connectivity index (χ4n) is 6.21. The molecule has 1 aromatic rings. The lowest BCUT2D eigenvalue weighted by molar-refractivity contribution is -0.145. The summed E-state index contributed by atoms with van der Waals surface area (Å²) >= 11 is 0. The van der Waals surface area contributed by atoms with Crippen LogP contribution in [0, 0.1) is 28.1 Å². The summed E-state index contributed by atoms with van der Waals surface area (Å²) in [5.74, 6) is -3.44. The van der Waals surface area contributed by atoms with Crippen molar-refractivity contribution in [3.8, 4) is 0 Å². The van der Waals surface area contributed by atoms with Crippen LogP contribution in [0.1, 0.15) is 88.0 Å². The van der Waals surface area contributed by atoms with Crippen molar-refractivity contribution in [1.82, 2.24) is 20.9 Å². The Balaban J connectivity index is 1.87. The summed E-state index contributed by atoms with van der Waals surface area (Å²) in [6.45, 7) is 17.0. The Bertz CT molecular complexity index is 1470. The summed E-state index contributed by atoms with van der Waals surface area (Å²) in [7, 11) is -3.75. The number of hydrogen-bond acceptors (Lipinski definition) is 7. The van der Waals surface area contributed by atoms with Gasteiger partial charge in [0.25, 0.3) is 5.91 Å². The van der Waals surface area contributed by atoms with Crippen LogP contribution in [0.5, 0.6) is 0 Å². The average molecular weight is 690 g/mol. The number of nitrogens with one attached hydrogen (secondary N) is 3. The van der Waals surface area contributed by atoms with E-state index in [9.17, 15) is 32.4 Å². The molecule has 3 rings (SSSR count). The number of likely N-dealkylation sites (tertiary alicyclic amines) is 1. The second-order valence-corrected chi connectivity index (χ2v) is 18.7. The number of sulfone groups is 1. The number of carbonyl (C=O) groups excluding carboxylic acids is 5. The van der Waals surface area contributed by atoms with Gasteiger partial charge in [-0.2, -0.15) is 0 Å². The van der Waals surface area contributed by atoms with Crippen molar-refractivity contribution in [3.63, 3.8) is 0 Å². The van der Waals surface area contributed by atoms with Crippen LogP contribution < -0.4 is 21.7 Å². The van der Waals surface area contributed by atoms with Gasteiger partial charge < -0.3 is 26.6 Å². The molecule has 5 amide bonds. The molecule has 1 heterocycles. The highest BCUT2D eigenvalue weighted by Crippen LogP contribution is 2.40. The van der Waals surface area contributed by atoms with E-state index in [0.717, 1.165) is 12.8 Å². The summed E-state index contributed by atoms with van der Waals surface area (Å²) in [5.41, 5.74) is 3.45. The largest absolute Gasteiger partial charge is 0.363 e. The molecule has 1 aliphatic heterocycles. The lowest BCUT2D eigenvalue weighted by Gasteiger charge is -2.39. The van der Waals surface area contributed by atoms with Crippen LogP contribution in [0.25, 0.3) is 0 Å². The first-order chi connectivity index (χ1) is 21.9. The van der Waals surface area contributed by atoms with Crippen molar-refractivity contribution < 1.29 is 32.4 Å². The smallest absolute Gasteiger partial charge is 0.315 e. The van der Waals surface area contributed by atoms with Gasteiger partial charge in [-0.1, -0.05) is 93.4 Å². The Morgan fingerprint density at radius 3 is 1.92 bits per heavy atom. The summed E-state index contributed by atoms with van der Waals surface area (Å²) in [6, 6.07) is 3.36. The van der Waals surface area contributed by atoms with Gasteiger partial charge in [-0.3, -0.25) is 19.2 Å². The molecular weight excluding hydrogens is 634 g/mol. The Hall–Kier alpha value is -3.48. The van der Waals surface area contributed by atoms with Crippen molar-refractivity contribution in [2.24, 2.45) is 33.8 Å². The van der Waals surface area contributed by atoms with Gasteiger partial charge in [0.15, 0.2) is 9.84 Å². The standard InChI is InChI=1S/C35H55N5O7S/c1-33(2,3)23-17-18-40(26(23)30(43)37-24(19-21-15-16-21)27(41)29(36)42)31(44)28(35(7,8)9)39-32(45)38-25(34(4,5)6)20-48(46,47)22-13-11-10-12-14-22/h10-14,21,23-26,28H,15-20H2,1-9H3,(H2,36,42)(H,37,43)(H2,38,39,45)/t23-,24?,25?,26?,28-/m1/s1. The number of urea groups is 1. The van der Waals surface area contributed by atoms with Crippen LogP contribution in [0.3, 0.4) is 0 Å². The highest BCUT2D eigenvalue weighted by atomic mass is 32.2. The lowest BCUT2D eigenvalue weighted by Crippen LogP contribution is -2.62. The zero-order valence-electron chi connectivity index (χ0n) is 29.9. The maximum Gasteiger partial charge on any atom is 0.315 e. The normalized spacial score (nSPS) is 20.7. The molecule has 1 aliphatic carbocycles. The Morgan fingerprint density at radius 1 is 0.854 bits per heavy atom. The zero-order chi connectivity index (χ0) is 36.4. The van der Waals surface area contributed by atoms with E-state index in [1.807, 2.05) is 41.5 Å². The van der Waals surface area contributed by atoms with Gasteiger partial charge in [0.1, 0.15) is 12.1 Å².